The third-order valence-corrected chi connectivity index (χ3v) is 7.47. The molecule has 0 bridgehead atoms. The summed E-state index contributed by atoms with van der Waals surface area (Å²) in [4.78, 5) is 35.9. The van der Waals surface area contributed by atoms with Crippen LogP contribution in [0.4, 0.5) is 0 Å². The summed E-state index contributed by atoms with van der Waals surface area (Å²) in [5.41, 5.74) is -1.11. The molecule has 0 spiro atoms. The van der Waals surface area contributed by atoms with Crippen LogP contribution in [0.2, 0.25) is 0 Å². The molecule has 19 heteroatoms. The fourth-order valence-electron chi connectivity index (χ4n) is 5.01. The van der Waals surface area contributed by atoms with Gasteiger partial charge in [-0.3, -0.25) is 4.79 Å². The molecule has 0 radical (unpaired) electrons. The number of phenolic OH excluding ortho intramolecular Hbond substituents is 2. The van der Waals surface area contributed by atoms with Crippen molar-refractivity contribution < 1.29 is 88.8 Å². The Labute approximate surface area is 261 Å². The monoisotopic (exact) mass is 668 g/mol. The second-order valence-corrected chi connectivity index (χ2v) is 10.5. The minimum atomic E-state index is -2.01. The predicted octanol–water partition coefficient (Wildman–Crippen LogP) is -2.58. The molecule has 2 aliphatic rings. The van der Waals surface area contributed by atoms with E-state index >= 15 is 0 Å². The van der Waals surface area contributed by atoms with Crippen molar-refractivity contribution in [3.8, 4) is 40.1 Å². The molecule has 0 amide bonds. The molecule has 3 aromatic rings. The van der Waals surface area contributed by atoms with Crippen molar-refractivity contribution in [3.63, 3.8) is 0 Å². The Morgan fingerprint density at radius 3 is 1.74 bits per heavy atom. The van der Waals surface area contributed by atoms with E-state index in [1.165, 1.54) is 6.07 Å². The maximum absolute atomic E-state index is 13.1. The Balaban J connectivity index is 1.46. The highest BCUT2D eigenvalue weighted by atomic mass is 16.7. The van der Waals surface area contributed by atoms with Crippen LogP contribution in [0.3, 0.4) is 0 Å². The lowest BCUT2D eigenvalue weighted by Crippen LogP contribution is -2.61. The first-order chi connectivity index (χ1) is 22.1. The number of aromatic hydroxyl groups is 2. The highest BCUT2D eigenvalue weighted by Crippen LogP contribution is 2.44. The predicted molar refractivity (Wildman–Crippen MR) is 148 cm³/mol. The number of benzene rings is 2. The molecule has 0 aliphatic carbocycles. The number of hydrogen-bond donors (Lipinski definition) is 10. The molecule has 0 unspecified atom stereocenters. The van der Waals surface area contributed by atoms with Gasteiger partial charge in [0.25, 0.3) is 0 Å². The molecule has 0 saturated carbocycles. The van der Waals surface area contributed by atoms with Crippen LogP contribution < -0.4 is 19.6 Å². The standard InChI is InChI=1S/C28H28O19/c1-42-22-13(45-28-21(37)17(33)19(35)24(47-28)26(40)41)6-12-14(15(22)31)9(30)5-11(43-12)7-2-3-10(8(29)4-7)44-27-20(36)16(32)18(34)23(46-27)25(38)39/h2-6,16-21,23-24,27-29,31-37H,1H3,(H,38,39)(H,40,41)/t16-,17-,18-,19-,20+,21+,23-,24-,27+,28+/m0/s1. The summed E-state index contributed by atoms with van der Waals surface area (Å²) < 4.78 is 31.9. The first-order valence-electron chi connectivity index (χ1n) is 13.5. The van der Waals surface area contributed by atoms with Gasteiger partial charge in [0.05, 0.1) is 7.11 Å². The van der Waals surface area contributed by atoms with Crippen LogP contribution in [0.1, 0.15) is 0 Å². The number of ether oxygens (including phenoxy) is 5. The zero-order valence-electron chi connectivity index (χ0n) is 23.8. The van der Waals surface area contributed by atoms with Crippen molar-refractivity contribution in [2.24, 2.45) is 0 Å². The summed E-state index contributed by atoms with van der Waals surface area (Å²) in [6.45, 7) is 0. The fourth-order valence-corrected chi connectivity index (χ4v) is 5.01. The fraction of sp³-hybridized carbons (Fsp3) is 0.393. The minimum absolute atomic E-state index is 0.0445. The van der Waals surface area contributed by atoms with E-state index in [-0.39, 0.29) is 22.7 Å². The van der Waals surface area contributed by atoms with E-state index in [0.29, 0.717) is 0 Å². The summed E-state index contributed by atoms with van der Waals surface area (Å²) in [6.07, 6.45) is -19.6. The number of carboxylic acid groups (broad SMARTS) is 2. The van der Waals surface area contributed by atoms with Gasteiger partial charge in [-0.05, 0) is 18.2 Å². The van der Waals surface area contributed by atoms with E-state index in [2.05, 4.69) is 0 Å². The zero-order valence-corrected chi connectivity index (χ0v) is 23.8. The minimum Gasteiger partial charge on any atom is -0.504 e. The topological polar surface area (TPSA) is 313 Å². The van der Waals surface area contributed by atoms with Gasteiger partial charge in [0.2, 0.25) is 18.3 Å². The average Bonchev–Trinajstić information content (AvgIpc) is 3.01. The smallest absolute Gasteiger partial charge is 0.335 e. The zero-order chi connectivity index (χ0) is 34.5. The summed E-state index contributed by atoms with van der Waals surface area (Å²) in [5.74, 6) is -6.22. The van der Waals surface area contributed by atoms with Gasteiger partial charge in [-0.25, -0.2) is 9.59 Å². The molecule has 47 heavy (non-hydrogen) atoms. The summed E-state index contributed by atoms with van der Waals surface area (Å²) in [6, 6.07) is 5.41. The van der Waals surface area contributed by atoms with Crippen LogP contribution >= 0.6 is 0 Å². The Kier molecular flexibility index (Phi) is 9.17. The molecular weight excluding hydrogens is 640 g/mol. The first kappa shape index (κ1) is 33.6. The van der Waals surface area contributed by atoms with E-state index in [4.69, 9.17) is 28.1 Å². The number of rotatable bonds is 8. The van der Waals surface area contributed by atoms with Gasteiger partial charge < -0.3 is 79.2 Å². The van der Waals surface area contributed by atoms with Gasteiger partial charge >= 0.3 is 11.9 Å². The molecule has 2 saturated heterocycles. The lowest BCUT2D eigenvalue weighted by molar-refractivity contribution is -0.271. The van der Waals surface area contributed by atoms with Gasteiger partial charge in [0.15, 0.2) is 40.6 Å². The van der Waals surface area contributed by atoms with Crippen LogP contribution in [-0.4, -0.2) is 132 Å². The molecule has 2 fully saturated rings. The number of methoxy groups -OCH3 is 1. The second-order valence-electron chi connectivity index (χ2n) is 10.5. The van der Waals surface area contributed by atoms with Crippen LogP contribution in [0.15, 0.2) is 39.5 Å². The molecule has 254 valence electrons. The van der Waals surface area contributed by atoms with Crippen LogP contribution in [0, 0.1) is 0 Å². The molecule has 1 aromatic heterocycles. The Morgan fingerprint density at radius 1 is 0.723 bits per heavy atom. The molecule has 10 atom stereocenters. The maximum Gasteiger partial charge on any atom is 0.335 e. The van der Waals surface area contributed by atoms with Gasteiger partial charge in [0.1, 0.15) is 53.4 Å². The third-order valence-electron chi connectivity index (χ3n) is 7.47. The third kappa shape index (κ3) is 6.08. The summed E-state index contributed by atoms with van der Waals surface area (Å²) in [5, 5.41) is 100.0. The Bertz CT molecular complexity index is 1740. The highest BCUT2D eigenvalue weighted by molar-refractivity contribution is 5.89. The second kappa shape index (κ2) is 12.8. The molecule has 2 aliphatic heterocycles. The largest absolute Gasteiger partial charge is 0.504 e. The Hall–Kier alpha value is -4.73. The summed E-state index contributed by atoms with van der Waals surface area (Å²) >= 11 is 0. The number of carboxylic acids is 2. The van der Waals surface area contributed by atoms with Crippen molar-refractivity contribution in [1.29, 1.82) is 0 Å². The lowest BCUT2D eigenvalue weighted by atomic mass is 9.99. The normalized spacial score (nSPS) is 30.9. The molecule has 2 aromatic carbocycles. The van der Waals surface area contributed by atoms with E-state index < -0.39 is 107 Å². The van der Waals surface area contributed by atoms with Crippen LogP contribution in [0.5, 0.6) is 28.7 Å². The number of phenols is 2. The van der Waals surface area contributed by atoms with E-state index in [1.807, 2.05) is 0 Å². The summed E-state index contributed by atoms with van der Waals surface area (Å²) in [7, 11) is 1.09. The highest BCUT2D eigenvalue weighted by Gasteiger charge is 2.49. The number of carbonyl (C=O) groups is 2. The van der Waals surface area contributed by atoms with Crippen LogP contribution in [0.25, 0.3) is 22.3 Å². The van der Waals surface area contributed by atoms with E-state index in [0.717, 1.165) is 31.4 Å². The van der Waals surface area contributed by atoms with Crippen molar-refractivity contribution in [2.45, 2.75) is 61.4 Å². The SMILES string of the molecule is COc1c(O[C@@H]2O[C@H](C(=O)O)[C@@H](O)[C@H](O)[C@H]2O)cc2oc(-c3ccc(O[C@@H]4O[C@H](C(=O)O)[C@@H](O)[C@H](O)[C@H]4O)c(O)c3)cc(=O)c2c1O. The maximum atomic E-state index is 13.1. The van der Waals surface area contributed by atoms with E-state index in [1.54, 1.807) is 0 Å². The number of aliphatic carboxylic acids is 2. The van der Waals surface area contributed by atoms with Crippen molar-refractivity contribution in [3.05, 3.63) is 40.6 Å². The number of aliphatic hydroxyl groups is 6. The van der Waals surface area contributed by atoms with E-state index in [9.17, 15) is 65.4 Å². The van der Waals surface area contributed by atoms with Gasteiger partial charge in [0, 0.05) is 17.7 Å². The molecule has 19 nitrogen and oxygen atoms in total. The van der Waals surface area contributed by atoms with Crippen molar-refractivity contribution in [2.75, 3.05) is 7.11 Å². The number of hydrogen-bond acceptors (Lipinski definition) is 17. The first-order valence-corrected chi connectivity index (χ1v) is 13.5. The number of aliphatic hydroxyl groups excluding tert-OH is 6. The van der Waals surface area contributed by atoms with Crippen LogP contribution in [-0.2, 0) is 19.1 Å². The number of fused-ring (bicyclic) bond motifs is 1. The quantitative estimate of drug-likeness (QED) is 0.118. The Morgan fingerprint density at radius 2 is 1.26 bits per heavy atom. The van der Waals surface area contributed by atoms with Crippen molar-refractivity contribution in [1.82, 2.24) is 0 Å². The average molecular weight is 669 g/mol. The molecular formula is C28H28O19. The van der Waals surface area contributed by atoms with Gasteiger partial charge in [-0.15, -0.1) is 0 Å². The van der Waals surface area contributed by atoms with Crippen molar-refractivity contribution >= 4 is 22.9 Å². The molecule has 5 rings (SSSR count). The molecule has 3 heterocycles. The lowest BCUT2D eigenvalue weighted by Gasteiger charge is -2.38. The van der Waals surface area contributed by atoms with Gasteiger partial charge in [-0.1, -0.05) is 0 Å². The van der Waals surface area contributed by atoms with Gasteiger partial charge in [-0.2, -0.15) is 0 Å². The molecule has 10 N–H and O–H groups in total.